The first-order valence-electron chi connectivity index (χ1n) is 20.1. The van der Waals surface area contributed by atoms with Crippen molar-refractivity contribution in [1.29, 1.82) is 0 Å². The molecule has 2 radical (unpaired) electrons. The summed E-state index contributed by atoms with van der Waals surface area (Å²) < 4.78 is 10.2. The molecule has 0 saturated heterocycles. The van der Waals surface area contributed by atoms with Crippen molar-refractivity contribution in [2.45, 2.75) is 110 Å². The number of nitrogens with zero attached hydrogens (tertiary/aromatic N) is 10. The first-order chi connectivity index (χ1) is 28.1. The normalized spacial score (nSPS) is 15.9. The molecule has 304 valence electrons. The molecular weight excluding hydrogens is 757 g/mol. The molecule has 4 heterocycles. The van der Waals surface area contributed by atoms with Crippen LogP contribution in [0.15, 0.2) is 49.1 Å². The first kappa shape index (κ1) is 41.4. The molecule has 0 spiro atoms. The number of rotatable bonds is 6. The quantitative estimate of drug-likeness (QED) is 0.120. The lowest BCUT2D eigenvalue weighted by molar-refractivity contribution is 0.00606. The third-order valence-electron chi connectivity index (χ3n) is 11.2. The van der Waals surface area contributed by atoms with Gasteiger partial charge in [0.1, 0.15) is 24.3 Å². The molecule has 0 unspecified atom stereocenters. The van der Waals surface area contributed by atoms with Gasteiger partial charge in [0.05, 0.1) is 45.1 Å². The van der Waals surface area contributed by atoms with E-state index in [0.29, 0.717) is 21.7 Å². The molecule has 14 nitrogen and oxygen atoms in total. The van der Waals surface area contributed by atoms with E-state index >= 15 is 0 Å². The Morgan fingerprint density at radius 3 is 1.63 bits per heavy atom. The third kappa shape index (κ3) is 8.98. The molecule has 4 aromatic heterocycles. The highest BCUT2D eigenvalue weighted by Gasteiger charge is 2.47. The summed E-state index contributed by atoms with van der Waals surface area (Å²) in [4.78, 5) is 33.9. The van der Waals surface area contributed by atoms with Crippen molar-refractivity contribution in [3.63, 3.8) is 0 Å². The topological polar surface area (TPSA) is 194 Å². The Kier molecular flexibility index (Phi) is 11.6. The molecule has 0 atom stereocenters. The van der Waals surface area contributed by atoms with E-state index < -0.39 is 0 Å². The number of aliphatic hydroxyl groups excluding tert-OH is 1. The summed E-state index contributed by atoms with van der Waals surface area (Å²) >= 11 is 0. The summed E-state index contributed by atoms with van der Waals surface area (Å²) in [5.74, 6) is 16.5. The van der Waals surface area contributed by atoms with Crippen LogP contribution < -0.4 is 11.5 Å². The van der Waals surface area contributed by atoms with Gasteiger partial charge in [-0.1, -0.05) is 70.1 Å². The molecule has 15 heteroatoms. The minimum Gasteiger partial charge on any atom is -0.410 e. The lowest BCUT2D eigenvalue weighted by Crippen LogP contribution is -2.45. The van der Waals surface area contributed by atoms with Gasteiger partial charge in [-0.05, 0) is 94.8 Å². The summed E-state index contributed by atoms with van der Waals surface area (Å²) in [5, 5.41) is 9.88. The average molecular weight is 809 g/mol. The van der Waals surface area contributed by atoms with E-state index in [2.05, 4.69) is 104 Å². The molecule has 2 fully saturated rings. The Bertz CT molecular complexity index is 2610. The molecule has 2 aromatic carbocycles. The number of aryl methyl sites for hydroxylation is 2. The second-order valence-electron chi connectivity index (χ2n) is 17.1. The van der Waals surface area contributed by atoms with Crippen LogP contribution in [0.3, 0.4) is 0 Å². The van der Waals surface area contributed by atoms with Crippen LogP contribution in [-0.4, -0.2) is 76.1 Å². The number of benzene rings is 2. The van der Waals surface area contributed by atoms with Crippen molar-refractivity contribution in [2.75, 3.05) is 18.1 Å². The number of anilines is 2. The Morgan fingerprint density at radius 1 is 0.695 bits per heavy atom. The molecule has 2 aliphatic rings. The maximum absolute atomic E-state index is 9.74. The Balaban J connectivity index is 0.000000184. The predicted molar refractivity (Wildman–Crippen MR) is 230 cm³/mol. The van der Waals surface area contributed by atoms with Crippen LogP contribution in [0.2, 0.25) is 5.04 Å². The van der Waals surface area contributed by atoms with Crippen molar-refractivity contribution in [3.8, 4) is 35.6 Å². The Morgan fingerprint density at radius 2 is 1.17 bits per heavy atom. The van der Waals surface area contributed by atoms with Gasteiger partial charge in [-0.25, -0.2) is 29.9 Å². The molecule has 6 aromatic rings. The molecule has 0 aliphatic heterocycles. The lowest BCUT2D eigenvalue weighted by atomic mass is 9.73. The number of nitrogen functional groups attached to an aromatic ring is 2. The second kappa shape index (κ2) is 16.5. The fourth-order valence-electron chi connectivity index (χ4n) is 7.87. The molecule has 8 rings (SSSR count). The smallest absolute Gasteiger partial charge is 0.240 e. The summed E-state index contributed by atoms with van der Waals surface area (Å²) in [6.45, 7) is 15.0. The van der Waals surface area contributed by atoms with Crippen LogP contribution in [0.4, 0.5) is 11.9 Å². The van der Waals surface area contributed by atoms with Gasteiger partial charge in [0, 0.05) is 11.1 Å². The molecule has 5 N–H and O–H groups in total. The number of imidazole rings is 2. The molecular formula is C44H52N12O2Si. The number of fused-ring (bicyclic) bond motifs is 2. The van der Waals surface area contributed by atoms with E-state index in [1.165, 1.54) is 25.5 Å². The molecule has 59 heavy (non-hydrogen) atoms. The number of hydrogen-bond donors (Lipinski definition) is 3. The van der Waals surface area contributed by atoms with Crippen LogP contribution in [0.25, 0.3) is 34.0 Å². The highest BCUT2D eigenvalue weighted by molar-refractivity contribution is 6.31. The van der Waals surface area contributed by atoms with Crippen LogP contribution >= 0.6 is 0 Å². The maximum atomic E-state index is 9.74. The number of aromatic nitrogens is 10. The first-order valence-corrected chi connectivity index (χ1v) is 21.0. The molecule has 2 aliphatic carbocycles. The zero-order chi connectivity index (χ0) is 42.0. The number of aliphatic hydroxyl groups is 1. The highest BCUT2D eigenvalue weighted by Crippen LogP contribution is 2.48. The highest BCUT2D eigenvalue weighted by atomic mass is 28.2. The van der Waals surface area contributed by atoms with Gasteiger partial charge in [0.25, 0.3) is 0 Å². The third-order valence-corrected chi connectivity index (χ3v) is 12.4. The van der Waals surface area contributed by atoms with Crippen molar-refractivity contribution >= 4 is 43.7 Å². The van der Waals surface area contributed by atoms with E-state index in [1.54, 1.807) is 0 Å². The van der Waals surface area contributed by atoms with E-state index in [1.807, 2.05) is 53.3 Å². The van der Waals surface area contributed by atoms with Crippen molar-refractivity contribution in [3.05, 3.63) is 71.8 Å². The van der Waals surface area contributed by atoms with Crippen LogP contribution in [-0.2, 0) is 4.43 Å². The summed E-state index contributed by atoms with van der Waals surface area (Å²) in [6.07, 6.45) is 11.5. The minimum atomic E-state index is -0.312. The zero-order valence-electron chi connectivity index (χ0n) is 35.0. The van der Waals surface area contributed by atoms with Gasteiger partial charge in [-0.3, -0.25) is 9.13 Å². The van der Waals surface area contributed by atoms with Crippen molar-refractivity contribution < 1.29 is 9.53 Å². The SMILES string of the molecule is Cc1nc2ccc(C#CC3(C(C)(C)O[Si]C(C)(C)C)CCCC3)cc2n1-c1ncnc(N)n1.Cc1nc2ccc(C#CC3(CO)CCCC3)cc2n1-c1ncnc(N)n1. The van der Waals surface area contributed by atoms with Gasteiger partial charge >= 0.3 is 0 Å². The van der Waals surface area contributed by atoms with E-state index in [0.717, 1.165) is 83.4 Å². The largest absolute Gasteiger partial charge is 0.410 e. The van der Waals surface area contributed by atoms with Gasteiger partial charge in [0.15, 0.2) is 0 Å². The van der Waals surface area contributed by atoms with Gasteiger partial charge in [0.2, 0.25) is 33.6 Å². The monoisotopic (exact) mass is 808 g/mol. The van der Waals surface area contributed by atoms with E-state index in [-0.39, 0.29) is 40.0 Å². The van der Waals surface area contributed by atoms with Gasteiger partial charge in [-0.15, -0.1) is 0 Å². The van der Waals surface area contributed by atoms with Crippen LogP contribution in [0.5, 0.6) is 0 Å². The van der Waals surface area contributed by atoms with Crippen LogP contribution in [0.1, 0.15) is 109 Å². The van der Waals surface area contributed by atoms with E-state index in [9.17, 15) is 5.11 Å². The van der Waals surface area contributed by atoms with Crippen molar-refractivity contribution in [2.24, 2.45) is 10.8 Å². The lowest BCUT2D eigenvalue weighted by Gasteiger charge is -2.42. The summed E-state index contributed by atoms with van der Waals surface area (Å²) in [7, 11) is 0.434. The summed E-state index contributed by atoms with van der Waals surface area (Å²) in [6, 6.07) is 11.9. The predicted octanol–water partition coefficient (Wildman–Crippen LogP) is 6.65. The average Bonchev–Trinajstić information content (AvgIpc) is 4.01. The Hall–Kier alpha value is -5.74. The van der Waals surface area contributed by atoms with Crippen molar-refractivity contribution in [1.82, 2.24) is 49.0 Å². The molecule has 0 amide bonds. The van der Waals surface area contributed by atoms with Crippen LogP contribution in [0, 0.1) is 48.4 Å². The van der Waals surface area contributed by atoms with Gasteiger partial charge in [-0.2, -0.15) is 9.97 Å². The molecule has 0 bridgehead atoms. The molecule has 2 saturated carbocycles. The fourth-order valence-corrected chi connectivity index (χ4v) is 8.63. The number of nitrogens with two attached hydrogens (primary N) is 2. The standard InChI is InChI=1S/C25H32N6OSi.C19H20N6O/c1-17-29-19-10-9-18(15-20(19)31(17)22-28-16-27-21(26)30-22)11-14-25(12-7-8-13-25)24(5,6)32-33-23(2,3)4;1-13-23-15-5-4-14(6-9-19(11-26)7-2-3-8-19)10-16(15)25(13)18-22-12-21-17(20)24-18/h9-10,15-16H,7-8,12-13H2,1-6H3,(H2,26,27,28,30);4-5,10,12,26H,2-3,7-8,11H2,1H3,(H2,20,21,22,24). The maximum Gasteiger partial charge on any atom is 0.240 e. The van der Waals surface area contributed by atoms with Gasteiger partial charge < -0.3 is 21.0 Å². The van der Waals surface area contributed by atoms with E-state index in [4.69, 9.17) is 15.9 Å². The second-order valence-corrected chi connectivity index (χ2v) is 19.0. The minimum absolute atomic E-state index is 0.115. The Labute approximate surface area is 348 Å². The zero-order valence-corrected chi connectivity index (χ0v) is 36.0. The number of hydrogen-bond acceptors (Lipinski definition) is 12. The fraction of sp³-hybridized carbons (Fsp3) is 0.455. The summed E-state index contributed by atoms with van der Waals surface area (Å²) in [5.41, 5.74) is 16.0.